The van der Waals surface area contributed by atoms with E-state index in [0.29, 0.717) is 5.56 Å². The lowest BCUT2D eigenvalue weighted by Crippen LogP contribution is -2.25. The molecule has 0 saturated heterocycles. The van der Waals surface area contributed by atoms with Crippen LogP contribution in [0.25, 0.3) is 0 Å². The minimum atomic E-state index is -0.940. The average Bonchev–Trinajstić information content (AvgIpc) is 2.04. The third kappa shape index (κ3) is 2.32. The van der Waals surface area contributed by atoms with Crippen LogP contribution >= 0.6 is 12.6 Å². The van der Waals surface area contributed by atoms with Gasteiger partial charge in [0.1, 0.15) is 5.92 Å². The number of nitrogens with two attached hydrogens (primary N) is 1. The Morgan fingerprint density at radius 2 is 1.77 bits per heavy atom. The number of benzene rings is 1. The molecule has 1 aromatic rings. The van der Waals surface area contributed by atoms with E-state index in [0.717, 1.165) is 0 Å². The van der Waals surface area contributed by atoms with Gasteiger partial charge in [-0.05, 0) is 5.56 Å². The first-order valence-electron chi connectivity index (χ1n) is 3.70. The van der Waals surface area contributed by atoms with Crippen molar-refractivity contribution in [3.63, 3.8) is 0 Å². The van der Waals surface area contributed by atoms with Crippen molar-refractivity contribution in [1.29, 1.82) is 0 Å². The van der Waals surface area contributed by atoms with Crippen molar-refractivity contribution >= 4 is 23.7 Å². The molecule has 0 aromatic heterocycles. The summed E-state index contributed by atoms with van der Waals surface area (Å²) in [5.41, 5.74) is 5.64. The van der Waals surface area contributed by atoms with Crippen LogP contribution < -0.4 is 5.73 Å². The predicted octanol–water partition coefficient (Wildman–Crippen LogP) is 0.712. The van der Waals surface area contributed by atoms with Gasteiger partial charge in [-0.15, -0.1) is 12.6 Å². The van der Waals surface area contributed by atoms with Crippen molar-refractivity contribution in [3.05, 3.63) is 35.9 Å². The monoisotopic (exact) mass is 195 g/mol. The number of amides is 1. The summed E-state index contributed by atoms with van der Waals surface area (Å²) in [5, 5.41) is -0.529. The summed E-state index contributed by atoms with van der Waals surface area (Å²) in [5.74, 6) is -1.62. The van der Waals surface area contributed by atoms with E-state index in [1.807, 2.05) is 0 Å². The number of carbonyl (C=O) groups excluding carboxylic acids is 2. The fourth-order valence-corrected chi connectivity index (χ4v) is 1.35. The molecule has 0 aliphatic heterocycles. The molecule has 13 heavy (non-hydrogen) atoms. The Morgan fingerprint density at radius 1 is 1.23 bits per heavy atom. The smallest absolute Gasteiger partial charge is 0.233 e. The summed E-state index contributed by atoms with van der Waals surface area (Å²) in [7, 11) is 0. The highest BCUT2D eigenvalue weighted by Gasteiger charge is 2.22. The standard InChI is InChI=1S/C9H9NO2S/c10-8(11)7(9(12)13)6-4-2-1-3-5-6/h1-5,7H,(H2,10,11)(H,12,13). The lowest BCUT2D eigenvalue weighted by atomic mass is 10.0. The van der Waals surface area contributed by atoms with Gasteiger partial charge < -0.3 is 5.73 Å². The van der Waals surface area contributed by atoms with Crippen molar-refractivity contribution in [2.24, 2.45) is 5.73 Å². The fraction of sp³-hybridized carbons (Fsp3) is 0.111. The molecule has 0 radical (unpaired) electrons. The molecule has 1 unspecified atom stereocenters. The van der Waals surface area contributed by atoms with Crippen molar-refractivity contribution in [2.45, 2.75) is 5.92 Å². The highest BCUT2D eigenvalue weighted by molar-refractivity contribution is 7.96. The molecule has 2 N–H and O–H groups in total. The van der Waals surface area contributed by atoms with Gasteiger partial charge in [-0.3, -0.25) is 9.59 Å². The molecule has 0 aliphatic carbocycles. The lowest BCUT2D eigenvalue weighted by molar-refractivity contribution is -0.124. The van der Waals surface area contributed by atoms with Crippen LogP contribution in [0.3, 0.4) is 0 Å². The molecule has 0 saturated carbocycles. The maximum Gasteiger partial charge on any atom is 0.233 e. The van der Waals surface area contributed by atoms with E-state index in [1.54, 1.807) is 30.3 Å². The van der Waals surface area contributed by atoms with Gasteiger partial charge in [0.15, 0.2) is 0 Å². The average molecular weight is 195 g/mol. The van der Waals surface area contributed by atoms with E-state index in [1.165, 1.54) is 0 Å². The van der Waals surface area contributed by atoms with Crippen molar-refractivity contribution < 1.29 is 9.59 Å². The van der Waals surface area contributed by atoms with Crippen molar-refractivity contribution in [2.75, 3.05) is 0 Å². The fourth-order valence-electron chi connectivity index (χ4n) is 1.07. The highest BCUT2D eigenvalue weighted by atomic mass is 32.1. The Kier molecular flexibility index (Phi) is 3.08. The first kappa shape index (κ1) is 9.80. The van der Waals surface area contributed by atoms with Crippen LogP contribution in [0.4, 0.5) is 0 Å². The summed E-state index contributed by atoms with van der Waals surface area (Å²) in [6.45, 7) is 0. The van der Waals surface area contributed by atoms with Crippen LogP contribution in [0.15, 0.2) is 30.3 Å². The Hall–Kier alpha value is -1.29. The van der Waals surface area contributed by atoms with Gasteiger partial charge in [0, 0.05) is 0 Å². The van der Waals surface area contributed by atoms with E-state index in [9.17, 15) is 9.59 Å². The van der Waals surface area contributed by atoms with Gasteiger partial charge in [0.05, 0.1) is 0 Å². The summed E-state index contributed by atoms with van der Waals surface area (Å²) >= 11 is 3.60. The number of primary amides is 1. The van der Waals surface area contributed by atoms with E-state index in [4.69, 9.17) is 5.73 Å². The second-order valence-corrected chi connectivity index (χ2v) is 3.03. The molecule has 0 fully saturated rings. The molecule has 3 nitrogen and oxygen atoms in total. The molecule has 1 rings (SSSR count). The summed E-state index contributed by atoms with van der Waals surface area (Å²) in [4.78, 5) is 21.8. The van der Waals surface area contributed by atoms with Gasteiger partial charge in [-0.1, -0.05) is 30.3 Å². The van der Waals surface area contributed by atoms with Gasteiger partial charge in [0.2, 0.25) is 11.0 Å². The molecule has 0 bridgehead atoms. The maximum atomic E-state index is 10.9. The van der Waals surface area contributed by atoms with Crippen molar-refractivity contribution in [1.82, 2.24) is 0 Å². The Morgan fingerprint density at radius 3 is 2.15 bits per heavy atom. The third-order valence-electron chi connectivity index (χ3n) is 1.66. The zero-order valence-electron chi connectivity index (χ0n) is 6.81. The van der Waals surface area contributed by atoms with Crippen molar-refractivity contribution in [3.8, 4) is 0 Å². The lowest BCUT2D eigenvalue weighted by Gasteiger charge is -2.08. The Bertz CT molecular complexity index is 310. The van der Waals surface area contributed by atoms with Gasteiger partial charge in [0.25, 0.3) is 0 Å². The van der Waals surface area contributed by atoms with Crippen LogP contribution in [-0.2, 0) is 9.59 Å². The minimum Gasteiger partial charge on any atom is -0.369 e. The molecule has 68 valence electrons. The van der Waals surface area contributed by atoms with Crippen LogP contribution in [0.1, 0.15) is 11.5 Å². The highest BCUT2D eigenvalue weighted by Crippen LogP contribution is 2.17. The number of hydrogen-bond donors (Lipinski definition) is 2. The van der Waals surface area contributed by atoms with Gasteiger partial charge in [-0.25, -0.2) is 0 Å². The third-order valence-corrected chi connectivity index (χ3v) is 1.92. The molecule has 0 aliphatic rings. The Balaban J connectivity index is 3.03. The zero-order chi connectivity index (χ0) is 9.84. The largest absolute Gasteiger partial charge is 0.369 e. The molecule has 1 aromatic carbocycles. The number of carbonyl (C=O) groups is 2. The number of rotatable bonds is 3. The molecular weight excluding hydrogens is 186 g/mol. The minimum absolute atomic E-state index is 0.529. The summed E-state index contributed by atoms with van der Waals surface area (Å²) < 4.78 is 0. The SMILES string of the molecule is NC(=O)C(C(=O)S)c1ccccc1. The second kappa shape index (κ2) is 4.09. The van der Waals surface area contributed by atoms with Crippen LogP contribution in [0.2, 0.25) is 0 Å². The van der Waals surface area contributed by atoms with E-state index in [-0.39, 0.29) is 0 Å². The topological polar surface area (TPSA) is 60.2 Å². The predicted molar refractivity (Wildman–Crippen MR) is 52.4 cm³/mol. The molecule has 1 atom stereocenters. The summed E-state index contributed by atoms with van der Waals surface area (Å²) in [6.07, 6.45) is 0. The summed E-state index contributed by atoms with van der Waals surface area (Å²) in [6, 6.07) is 8.61. The van der Waals surface area contributed by atoms with Crippen LogP contribution in [0.5, 0.6) is 0 Å². The van der Waals surface area contributed by atoms with Crippen LogP contribution in [-0.4, -0.2) is 11.0 Å². The normalized spacial score (nSPS) is 12.1. The molecular formula is C9H9NO2S. The number of hydrogen-bond acceptors (Lipinski definition) is 2. The van der Waals surface area contributed by atoms with Gasteiger partial charge >= 0.3 is 0 Å². The van der Waals surface area contributed by atoms with E-state index in [2.05, 4.69) is 12.6 Å². The van der Waals surface area contributed by atoms with Gasteiger partial charge in [-0.2, -0.15) is 0 Å². The first-order valence-corrected chi connectivity index (χ1v) is 4.14. The number of thiol groups is 1. The molecule has 0 spiro atoms. The van der Waals surface area contributed by atoms with E-state index >= 15 is 0 Å². The second-order valence-electron chi connectivity index (χ2n) is 2.58. The van der Waals surface area contributed by atoms with E-state index < -0.39 is 16.9 Å². The maximum absolute atomic E-state index is 10.9. The molecule has 4 heteroatoms. The Labute approximate surface area is 81.3 Å². The quantitative estimate of drug-likeness (QED) is 0.551. The first-order chi connectivity index (χ1) is 6.13. The molecule has 0 heterocycles. The zero-order valence-corrected chi connectivity index (χ0v) is 7.70. The van der Waals surface area contributed by atoms with Crippen LogP contribution in [0, 0.1) is 0 Å². The molecule has 1 amide bonds.